The second kappa shape index (κ2) is 17.0. The molecule has 0 atom stereocenters. The van der Waals surface area contributed by atoms with Crippen molar-refractivity contribution in [2.75, 3.05) is 0 Å². The summed E-state index contributed by atoms with van der Waals surface area (Å²) in [7, 11) is 0. The topological polar surface area (TPSA) is 170 Å². The van der Waals surface area contributed by atoms with E-state index in [1.54, 1.807) is 0 Å². The molecule has 0 aliphatic rings. The SMILES string of the molecule is O.[Cu+2].[O-][I+2]([O-])[O-].[O-][I+2]([O-])[O-]. The number of hydrogen-bond acceptors (Lipinski definition) is 6. The van der Waals surface area contributed by atoms with E-state index in [1.165, 1.54) is 0 Å². The smallest absolute Gasteiger partial charge is 0.427 e. The van der Waals surface area contributed by atoms with Crippen molar-refractivity contribution in [1.82, 2.24) is 0 Å². The predicted molar refractivity (Wildman–Crippen MR) is 3.61 cm³/mol. The van der Waals surface area contributed by atoms with E-state index in [1.807, 2.05) is 0 Å². The van der Waals surface area contributed by atoms with Crippen LogP contribution in [-0.2, 0) is 17.1 Å². The maximum atomic E-state index is 8.57. The summed E-state index contributed by atoms with van der Waals surface area (Å²) in [6.45, 7) is 0. The molecule has 0 rings (SSSR count). The monoisotopic (exact) mass is 431 g/mol. The molecule has 0 amide bonds. The minimum atomic E-state index is -4.01. The minimum absolute atomic E-state index is 0. The van der Waals surface area contributed by atoms with Gasteiger partial charge in [0.2, 0.25) is 0 Å². The van der Waals surface area contributed by atoms with Gasteiger partial charge in [0.25, 0.3) is 42.1 Å². The van der Waals surface area contributed by atoms with Crippen LogP contribution in [0.1, 0.15) is 0 Å². The molecule has 0 spiro atoms. The molecular formula is H2CuI2O7. The molecule has 0 aromatic heterocycles. The van der Waals surface area contributed by atoms with E-state index in [0.29, 0.717) is 0 Å². The molecule has 0 aliphatic heterocycles. The van der Waals surface area contributed by atoms with Gasteiger partial charge in [-0.1, -0.05) is 0 Å². The van der Waals surface area contributed by atoms with Crippen LogP contribution in [0.4, 0.5) is 0 Å². The molecule has 0 aromatic rings. The fourth-order valence-corrected chi connectivity index (χ4v) is 0. The molecule has 0 heterocycles. The Balaban J connectivity index is -0.0000000300. The third kappa shape index (κ3) is 254. The molecule has 10 heteroatoms. The Labute approximate surface area is 84.6 Å². The van der Waals surface area contributed by atoms with Gasteiger partial charge in [-0.15, -0.1) is 0 Å². The molecule has 2 N–H and O–H groups in total. The maximum Gasteiger partial charge on any atom is 2.00 e. The van der Waals surface area contributed by atoms with Crippen LogP contribution in [0.3, 0.4) is 0 Å². The van der Waals surface area contributed by atoms with E-state index < -0.39 is 42.1 Å². The molecule has 0 unspecified atom stereocenters. The standard InChI is InChI=1S/Cu.2IO3.H2O/c;2*2-1(3)4;/h;;;1H2/q+2;2*-1;. The molecule has 0 saturated heterocycles. The van der Waals surface area contributed by atoms with Gasteiger partial charge in [0.1, 0.15) is 0 Å². The van der Waals surface area contributed by atoms with Gasteiger partial charge >= 0.3 is 17.1 Å². The van der Waals surface area contributed by atoms with Crippen molar-refractivity contribution in [3.05, 3.63) is 0 Å². The Morgan fingerprint density at radius 2 is 0.600 bits per heavy atom. The van der Waals surface area contributed by atoms with Crippen LogP contribution in [-0.4, -0.2) is 5.48 Å². The predicted octanol–water partition coefficient (Wildman–Crippen LogP) is -14.0. The van der Waals surface area contributed by atoms with Crippen molar-refractivity contribution in [3.63, 3.8) is 0 Å². The van der Waals surface area contributed by atoms with Gasteiger partial charge in [-0.05, 0) is 0 Å². The van der Waals surface area contributed by atoms with Crippen LogP contribution >= 0.6 is 0 Å². The Morgan fingerprint density at radius 1 is 0.600 bits per heavy atom. The molecule has 69 valence electrons. The van der Waals surface area contributed by atoms with Crippen LogP contribution in [0.2, 0.25) is 0 Å². The summed E-state index contributed by atoms with van der Waals surface area (Å²) in [5, 5.41) is 0. The van der Waals surface area contributed by atoms with E-state index in [-0.39, 0.29) is 22.5 Å². The summed E-state index contributed by atoms with van der Waals surface area (Å²) in [5.41, 5.74) is 0. The first-order chi connectivity index (χ1) is 3.46. The normalized spacial score (nSPS) is 7.20. The summed E-state index contributed by atoms with van der Waals surface area (Å²) in [6.07, 6.45) is 0. The van der Waals surface area contributed by atoms with Crippen LogP contribution in [0.5, 0.6) is 0 Å². The van der Waals surface area contributed by atoms with Gasteiger partial charge in [-0.3, -0.25) is 0 Å². The second-order valence-electron chi connectivity index (χ2n) is 0.378. The molecule has 0 fully saturated rings. The molecule has 10 heavy (non-hydrogen) atoms. The Bertz CT molecular complexity index is 27.1. The van der Waals surface area contributed by atoms with E-state index in [9.17, 15) is 0 Å². The Hall–Kier alpha value is 1.70. The van der Waals surface area contributed by atoms with Crippen molar-refractivity contribution >= 4 is 0 Å². The summed E-state index contributed by atoms with van der Waals surface area (Å²) < 4.78 is 51.4. The van der Waals surface area contributed by atoms with Crippen LogP contribution in [0.25, 0.3) is 0 Å². The van der Waals surface area contributed by atoms with Gasteiger partial charge < -0.3 is 26.1 Å². The molecular weight excluding hydrogens is 429 g/mol. The van der Waals surface area contributed by atoms with E-state index in [0.717, 1.165) is 0 Å². The zero-order chi connectivity index (χ0) is 7.15. The molecule has 0 bridgehead atoms. The van der Waals surface area contributed by atoms with Crippen molar-refractivity contribution in [1.29, 1.82) is 0 Å². The fraction of sp³-hybridized carbons (Fsp3) is 0. The van der Waals surface area contributed by atoms with Crippen LogP contribution in [0, 0.1) is 0 Å². The van der Waals surface area contributed by atoms with Crippen molar-refractivity contribution < 1.29 is 85.3 Å². The summed E-state index contributed by atoms with van der Waals surface area (Å²) in [4.78, 5) is 0. The Kier molecular flexibility index (Phi) is 38.4. The maximum absolute atomic E-state index is 8.57. The molecule has 7 nitrogen and oxygen atoms in total. The first kappa shape index (κ1) is 22.6. The minimum Gasteiger partial charge on any atom is -0.427 e. The summed E-state index contributed by atoms with van der Waals surface area (Å²) in [5.74, 6) is 0. The Morgan fingerprint density at radius 3 is 0.600 bits per heavy atom. The van der Waals surface area contributed by atoms with Crippen molar-refractivity contribution in [2.45, 2.75) is 0 Å². The average molecular weight is 431 g/mol. The third-order valence-electron chi connectivity index (χ3n) is 0. The van der Waals surface area contributed by atoms with Crippen molar-refractivity contribution in [3.8, 4) is 0 Å². The van der Waals surface area contributed by atoms with Gasteiger partial charge in [0, 0.05) is 0 Å². The van der Waals surface area contributed by atoms with Crippen molar-refractivity contribution in [2.24, 2.45) is 0 Å². The first-order valence-electron chi connectivity index (χ1n) is 0.926. The van der Waals surface area contributed by atoms with Gasteiger partial charge in [0.15, 0.2) is 0 Å². The largest absolute Gasteiger partial charge is 2.00 e. The second-order valence-corrected chi connectivity index (χ2v) is 2.54. The average Bonchev–Trinajstić information content (AvgIpc) is 1.25. The molecule has 0 saturated carbocycles. The molecule has 1 radical (unpaired) electrons. The quantitative estimate of drug-likeness (QED) is 0.272. The molecule has 0 aromatic carbocycles. The number of hydrogen-bond donors (Lipinski definition) is 0. The van der Waals surface area contributed by atoms with Crippen LogP contribution < -0.4 is 62.7 Å². The number of rotatable bonds is 0. The molecule has 0 aliphatic carbocycles. The van der Waals surface area contributed by atoms with Gasteiger partial charge in [0.05, 0.1) is 0 Å². The van der Waals surface area contributed by atoms with E-state index >= 15 is 0 Å². The van der Waals surface area contributed by atoms with Crippen LogP contribution in [0.15, 0.2) is 0 Å². The van der Waals surface area contributed by atoms with E-state index in [4.69, 9.17) is 20.6 Å². The summed E-state index contributed by atoms with van der Waals surface area (Å²) >= 11 is -8.03. The van der Waals surface area contributed by atoms with E-state index in [2.05, 4.69) is 0 Å². The first-order valence-corrected chi connectivity index (χ1v) is 6.21. The third-order valence-corrected chi connectivity index (χ3v) is 0. The van der Waals surface area contributed by atoms with Gasteiger partial charge in [-0.2, -0.15) is 0 Å². The zero-order valence-corrected chi connectivity index (χ0v) is 9.26. The zero-order valence-electron chi connectivity index (χ0n) is 4.01. The fourth-order valence-electron chi connectivity index (χ4n) is 0. The summed E-state index contributed by atoms with van der Waals surface area (Å²) in [6, 6.07) is 0. The number of halogens is 2. The van der Waals surface area contributed by atoms with Gasteiger partial charge in [-0.25, -0.2) is 0 Å².